The van der Waals surface area contributed by atoms with Gasteiger partial charge < -0.3 is 20.6 Å². The molecule has 2 aliphatic heterocycles. The molecule has 0 saturated carbocycles. The second-order valence-corrected chi connectivity index (χ2v) is 9.86. The van der Waals surface area contributed by atoms with Crippen molar-refractivity contribution in [2.45, 2.75) is 56.2 Å². The summed E-state index contributed by atoms with van der Waals surface area (Å²) in [7, 11) is 0. The van der Waals surface area contributed by atoms with Gasteiger partial charge in [-0.2, -0.15) is 0 Å². The zero-order valence-corrected chi connectivity index (χ0v) is 19.0. The number of carboxylic acid groups (broad SMARTS) is 1. The molecule has 4 atom stereocenters. The number of hydrogen-bond acceptors (Lipinski definition) is 5. The lowest BCUT2D eigenvalue weighted by molar-refractivity contribution is -0.133. The van der Waals surface area contributed by atoms with E-state index >= 15 is 0 Å². The van der Waals surface area contributed by atoms with Gasteiger partial charge in [-0.1, -0.05) is 55.5 Å². The van der Waals surface area contributed by atoms with Gasteiger partial charge in [-0.05, 0) is 48.8 Å². The average Bonchev–Trinajstić information content (AvgIpc) is 3.37. The van der Waals surface area contributed by atoms with Gasteiger partial charge >= 0.3 is 5.97 Å². The molecule has 2 aromatic rings. The van der Waals surface area contributed by atoms with Crippen molar-refractivity contribution in [3.63, 3.8) is 0 Å². The quantitative estimate of drug-likeness (QED) is 0.518. The Labute approximate surface area is 194 Å². The predicted molar refractivity (Wildman–Crippen MR) is 127 cm³/mol. The maximum Gasteiger partial charge on any atom is 0.333 e. The van der Waals surface area contributed by atoms with Gasteiger partial charge in [0.25, 0.3) is 0 Å². The number of carbonyl (C=O) groups is 1. The molecule has 174 valence electrons. The van der Waals surface area contributed by atoms with E-state index in [0.717, 1.165) is 36.5 Å². The summed E-state index contributed by atoms with van der Waals surface area (Å²) in [4.78, 5) is 14.9. The van der Waals surface area contributed by atoms with Crippen LogP contribution in [-0.4, -0.2) is 51.0 Å². The number of benzene rings is 2. The number of likely N-dealkylation sites (tertiary alicyclic amines) is 1. The van der Waals surface area contributed by atoms with Gasteiger partial charge in [-0.3, -0.25) is 4.90 Å². The lowest BCUT2D eigenvalue weighted by Crippen LogP contribution is -2.53. The first kappa shape index (κ1) is 22.1. The molecule has 3 aliphatic rings. The SMILES string of the molecule is CCC(O)(CO)CC1CC(C(=O)O)=C2Nc3ccccc3C23CCN(Cc2ccccc2)C13. The summed E-state index contributed by atoms with van der Waals surface area (Å²) in [5.74, 6) is -1.00. The van der Waals surface area contributed by atoms with Crippen molar-refractivity contribution in [1.29, 1.82) is 0 Å². The normalized spacial score (nSPS) is 28.0. The van der Waals surface area contributed by atoms with Gasteiger partial charge in [0.2, 0.25) is 0 Å². The summed E-state index contributed by atoms with van der Waals surface area (Å²) < 4.78 is 0. The highest BCUT2D eigenvalue weighted by molar-refractivity contribution is 5.91. The molecule has 6 nitrogen and oxygen atoms in total. The van der Waals surface area contributed by atoms with Crippen molar-refractivity contribution in [1.82, 2.24) is 4.90 Å². The van der Waals surface area contributed by atoms with E-state index in [4.69, 9.17) is 0 Å². The van der Waals surface area contributed by atoms with Crippen LogP contribution in [0.4, 0.5) is 5.69 Å². The first-order chi connectivity index (χ1) is 15.9. The van der Waals surface area contributed by atoms with Crippen molar-refractivity contribution >= 4 is 11.7 Å². The Balaban J connectivity index is 1.65. The molecule has 4 N–H and O–H groups in total. The summed E-state index contributed by atoms with van der Waals surface area (Å²) in [6.07, 6.45) is 1.97. The number of fused-ring (bicyclic) bond motifs is 1. The van der Waals surface area contributed by atoms with Gasteiger partial charge in [0.15, 0.2) is 0 Å². The Morgan fingerprint density at radius 2 is 1.91 bits per heavy atom. The van der Waals surface area contributed by atoms with Gasteiger partial charge in [0.1, 0.15) is 0 Å². The standard InChI is InChI=1S/C27H32N2O4/c1-2-26(33,17-30)15-19-14-20(25(31)32)23-27(21-10-6-7-11-22(21)28-23)12-13-29(24(19)27)16-18-8-4-3-5-9-18/h3-11,19,24,28,30,33H,2,12-17H2,1H3,(H,31,32). The van der Waals surface area contributed by atoms with E-state index in [-0.39, 0.29) is 18.6 Å². The van der Waals surface area contributed by atoms with Crippen LogP contribution in [0.1, 0.15) is 43.7 Å². The molecule has 2 aromatic carbocycles. The molecule has 0 radical (unpaired) electrons. The van der Waals surface area contributed by atoms with Crippen LogP contribution >= 0.6 is 0 Å². The minimum absolute atomic E-state index is 0.0246. The summed E-state index contributed by atoms with van der Waals surface area (Å²) >= 11 is 0. The lowest BCUT2D eigenvalue weighted by atomic mass is 9.61. The molecule has 1 spiro atoms. The third kappa shape index (κ3) is 3.48. The van der Waals surface area contributed by atoms with Crippen molar-refractivity contribution in [3.8, 4) is 0 Å². The number of rotatable bonds is 7. The third-order valence-electron chi connectivity index (χ3n) is 8.10. The Bertz CT molecular complexity index is 1080. The van der Waals surface area contributed by atoms with E-state index < -0.39 is 17.0 Å². The summed E-state index contributed by atoms with van der Waals surface area (Å²) in [5, 5.41) is 34.7. The molecule has 1 aliphatic carbocycles. The first-order valence-electron chi connectivity index (χ1n) is 11.9. The van der Waals surface area contributed by atoms with Crippen LogP contribution in [0.5, 0.6) is 0 Å². The van der Waals surface area contributed by atoms with Gasteiger partial charge in [0, 0.05) is 30.5 Å². The fourth-order valence-corrected chi connectivity index (χ4v) is 6.55. The van der Waals surface area contributed by atoms with E-state index in [0.29, 0.717) is 24.8 Å². The highest BCUT2D eigenvalue weighted by Crippen LogP contribution is 2.60. The van der Waals surface area contributed by atoms with Crippen LogP contribution in [0.2, 0.25) is 0 Å². The zero-order valence-electron chi connectivity index (χ0n) is 19.0. The predicted octanol–water partition coefficient (Wildman–Crippen LogP) is 3.51. The topological polar surface area (TPSA) is 93.0 Å². The van der Waals surface area contributed by atoms with E-state index in [1.165, 1.54) is 5.56 Å². The maximum atomic E-state index is 12.4. The molecular weight excluding hydrogens is 416 g/mol. The van der Waals surface area contributed by atoms with Gasteiger partial charge in [-0.25, -0.2) is 4.79 Å². The van der Waals surface area contributed by atoms with Crippen molar-refractivity contribution in [3.05, 3.63) is 77.0 Å². The molecule has 0 amide bonds. The van der Waals surface area contributed by atoms with E-state index in [1.807, 2.05) is 43.3 Å². The van der Waals surface area contributed by atoms with Crippen LogP contribution in [0.15, 0.2) is 65.9 Å². The summed E-state index contributed by atoms with van der Waals surface area (Å²) in [6, 6.07) is 18.5. The number of carboxylic acids is 1. The van der Waals surface area contributed by atoms with Crippen molar-refractivity contribution in [2.24, 2.45) is 5.92 Å². The maximum absolute atomic E-state index is 12.4. The largest absolute Gasteiger partial charge is 0.478 e. The Kier molecular flexibility index (Phi) is 5.55. The molecule has 33 heavy (non-hydrogen) atoms. The lowest BCUT2D eigenvalue weighted by Gasteiger charge is -2.47. The number of aliphatic hydroxyl groups is 2. The summed E-state index contributed by atoms with van der Waals surface area (Å²) in [5.41, 5.74) is 2.89. The highest BCUT2D eigenvalue weighted by Gasteiger charge is 2.61. The minimum Gasteiger partial charge on any atom is -0.478 e. The Morgan fingerprint density at radius 1 is 1.18 bits per heavy atom. The summed E-state index contributed by atoms with van der Waals surface area (Å²) in [6.45, 7) is 3.15. The smallest absolute Gasteiger partial charge is 0.333 e. The van der Waals surface area contributed by atoms with E-state index in [1.54, 1.807) is 0 Å². The third-order valence-corrected chi connectivity index (χ3v) is 8.10. The second-order valence-electron chi connectivity index (χ2n) is 9.86. The molecule has 0 bridgehead atoms. The first-order valence-corrected chi connectivity index (χ1v) is 11.9. The van der Waals surface area contributed by atoms with Crippen LogP contribution in [0.3, 0.4) is 0 Å². The average molecular weight is 449 g/mol. The molecule has 5 rings (SSSR count). The fourth-order valence-electron chi connectivity index (χ4n) is 6.55. The zero-order chi connectivity index (χ0) is 23.2. The van der Waals surface area contributed by atoms with E-state index in [2.05, 4.69) is 28.4 Å². The van der Waals surface area contributed by atoms with Crippen LogP contribution in [0.25, 0.3) is 0 Å². The molecule has 0 aromatic heterocycles. The molecule has 4 unspecified atom stereocenters. The monoisotopic (exact) mass is 448 g/mol. The number of nitrogens with one attached hydrogen (secondary N) is 1. The molecule has 1 fully saturated rings. The van der Waals surface area contributed by atoms with Crippen LogP contribution in [-0.2, 0) is 16.8 Å². The number of nitrogens with zero attached hydrogens (tertiary/aromatic N) is 1. The van der Waals surface area contributed by atoms with Crippen molar-refractivity contribution in [2.75, 3.05) is 18.5 Å². The number of para-hydroxylation sites is 1. The molecule has 2 heterocycles. The van der Waals surface area contributed by atoms with E-state index in [9.17, 15) is 20.1 Å². The molecular formula is C27H32N2O4. The van der Waals surface area contributed by atoms with Gasteiger partial charge in [-0.15, -0.1) is 0 Å². The molecule has 6 heteroatoms. The second kappa shape index (κ2) is 8.28. The number of hydrogen-bond donors (Lipinski definition) is 4. The number of aliphatic carboxylic acids is 1. The molecule has 1 saturated heterocycles. The minimum atomic E-state index is -1.22. The number of anilines is 1. The van der Waals surface area contributed by atoms with Crippen LogP contribution < -0.4 is 5.32 Å². The Morgan fingerprint density at radius 3 is 2.61 bits per heavy atom. The van der Waals surface area contributed by atoms with Crippen molar-refractivity contribution < 1.29 is 20.1 Å². The van der Waals surface area contributed by atoms with Crippen LogP contribution in [0, 0.1) is 5.92 Å². The Hall–Kier alpha value is -2.67. The number of aliphatic hydroxyl groups excluding tert-OH is 1. The fraction of sp³-hybridized carbons (Fsp3) is 0.444. The highest BCUT2D eigenvalue weighted by atomic mass is 16.4. The van der Waals surface area contributed by atoms with Gasteiger partial charge in [0.05, 0.1) is 23.2 Å².